The maximum absolute atomic E-state index is 13.8. The van der Waals surface area contributed by atoms with E-state index in [2.05, 4.69) is 16.8 Å². The van der Waals surface area contributed by atoms with Crippen molar-refractivity contribution < 1.29 is 22.2 Å². The van der Waals surface area contributed by atoms with Crippen molar-refractivity contribution in [2.24, 2.45) is 0 Å². The quantitative estimate of drug-likeness (QED) is 0.326. The molecule has 0 saturated carbocycles. The number of carbonyl (C=O) groups is 1. The maximum atomic E-state index is 13.8. The van der Waals surface area contributed by atoms with Gasteiger partial charge in [0.05, 0.1) is 11.6 Å². The summed E-state index contributed by atoms with van der Waals surface area (Å²) in [4.78, 5) is 12.5. The molecule has 9 heteroatoms. The van der Waals surface area contributed by atoms with Gasteiger partial charge in [-0.05, 0) is 73.5 Å². The van der Waals surface area contributed by atoms with Crippen LogP contribution in [0.2, 0.25) is 0 Å². The zero-order valence-electron chi connectivity index (χ0n) is 17.4. The standard InChI is InChI=1S/C23H20FN3O3S2/c1-15-12-16(2)14-18(13-15)26-32(29,30)19-10-8-17(9-11-19)25-23(31)27(3)22(28)20-6-4-5-7-21(20)24/h4-14,26H,3H2,1-2H3/p+1. The second-order valence-electron chi connectivity index (χ2n) is 7.15. The van der Waals surface area contributed by atoms with Gasteiger partial charge in [-0.1, -0.05) is 18.2 Å². The molecule has 0 aromatic heterocycles. The van der Waals surface area contributed by atoms with Crippen LogP contribution >= 0.6 is 12.2 Å². The molecular formula is C23H21FN3O3S2+. The summed E-state index contributed by atoms with van der Waals surface area (Å²) in [5, 5.41) is 2.72. The van der Waals surface area contributed by atoms with Gasteiger partial charge in [-0.2, -0.15) is 4.58 Å². The summed E-state index contributed by atoms with van der Waals surface area (Å²) >= 11 is 5.17. The van der Waals surface area contributed by atoms with Crippen molar-refractivity contribution >= 4 is 51.4 Å². The molecule has 3 aromatic carbocycles. The number of nitrogens with one attached hydrogen (secondary N) is 2. The third-order valence-electron chi connectivity index (χ3n) is 4.48. The first kappa shape index (κ1) is 23.2. The van der Waals surface area contributed by atoms with E-state index in [0.717, 1.165) is 15.7 Å². The number of benzene rings is 3. The van der Waals surface area contributed by atoms with Gasteiger partial charge in [0.25, 0.3) is 10.0 Å². The summed E-state index contributed by atoms with van der Waals surface area (Å²) in [5.41, 5.74) is 2.64. The smallest absolute Gasteiger partial charge is 0.280 e. The van der Waals surface area contributed by atoms with Crippen LogP contribution in [0.25, 0.3) is 0 Å². The molecule has 0 aliphatic rings. The zero-order chi connectivity index (χ0) is 23.5. The van der Waals surface area contributed by atoms with Crippen LogP contribution < -0.4 is 10.0 Å². The minimum atomic E-state index is -3.79. The van der Waals surface area contributed by atoms with E-state index in [1.807, 2.05) is 19.9 Å². The molecule has 32 heavy (non-hydrogen) atoms. The molecule has 1 amide bonds. The van der Waals surface area contributed by atoms with Crippen LogP contribution in [0.3, 0.4) is 0 Å². The summed E-state index contributed by atoms with van der Waals surface area (Å²) in [5.74, 6) is -1.39. The van der Waals surface area contributed by atoms with E-state index in [9.17, 15) is 17.6 Å². The first-order chi connectivity index (χ1) is 15.1. The van der Waals surface area contributed by atoms with Crippen LogP contribution in [-0.2, 0) is 10.0 Å². The Hall–Kier alpha value is -3.43. The number of aryl methyl sites for hydroxylation is 2. The largest absolute Gasteiger partial charge is 0.356 e. The highest BCUT2D eigenvalue weighted by Gasteiger charge is 2.23. The number of amides is 1. The molecule has 0 atom stereocenters. The molecule has 2 N–H and O–H groups in total. The molecule has 0 spiro atoms. The topological polar surface area (TPSA) is 78.3 Å². The fraction of sp³-hybridized carbons (Fsp3) is 0.0870. The Morgan fingerprint density at radius 3 is 2.16 bits per heavy atom. The molecule has 3 aromatic rings. The van der Waals surface area contributed by atoms with E-state index < -0.39 is 21.7 Å². The highest BCUT2D eigenvalue weighted by Crippen LogP contribution is 2.20. The molecule has 0 unspecified atom stereocenters. The molecule has 0 saturated heterocycles. The number of thiocarbonyl (C=S) groups is 1. The van der Waals surface area contributed by atoms with Crippen molar-refractivity contribution in [2.45, 2.75) is 18.7 Å². The van der Waals surface area contributed by atoms with E-state index >= 15 is 0 Å². The molecule has 164 valence electrons. The predicted octanol–water partition coefficient (Wildman–Crippen LogP) is 4.49. The maximum Gasteiger partial charge on any atom is 0.356 e. The molecule has 0 aliphatic carbocycles. The van der Waals surface area contributed by atoms with Crippen LogP contribution in [0.15, 0.2) is 71.6 Å². The van der Waals surface area contributed by atoms with Gasteiger partial charge in [0.15, 0.2) is 0 Å². The summed E-state index contributed by atoms with van der Waals surface area (Å²) in [6.07, 6.45) is 0. The Kier molecular flexibility index (Phi) is 6.81. The van der Waals surface area contributed by atoms with Gasteiger partial charge in [-0.25, -0.2) is 22.9 Å². The first-order valence-corrected chi connectivity index (χ1v) is 11.4. The first-order valence-electron chi connectivity index (χ1n) is 9.48. The molecule has 0 bridgehead atoms. The van der Waals surface area contributed by atoms with Gasteiger partial charge in [0.2, 0.25) is 0 Å². The fourth-order valence-electron chi connectivity index (χ4n) is 3.03. The molecular weight excluding hydrogens is 449 g/mol. The molecule has 0 heterocycles. The van der Waals surface area contributed by atoms with E-state index in [0.29, 0.717) is 11.4 Å². The Labute approximate surface area is 191 Å². The lowest BCUT2D eigenvalue weighted by atomic mass is 10.1. The number of anilines is 2. The second kappa shape index (κ2) is 9.37. The number of sulfonamides is 1. The predicted molar refractivity (Wildman–Crippen MR) is 127 cm³/mol. The average molecular weight is 471 g/mol. The highest BCUT2D eigenvalue weighted by molar-refractivity contribution is 7.92. The van der Waals surface area contributed by atoms with E-state index in [1.165, 1.54) is 48.5 Å². The summed E-state index contributed by atoms with van der Waals surface area (Å²) in [6.45, 7) is 7.35. The third kappa shape index (κ3) is 5.43. The van der Waals surface area contributed by atoms with Crippen LogP contribution in [0.1, 0.15) is 21.5 Å². The van der Waals surface area contributed by atoms with Crippen molar-refractivity contribution in [1.29, 1.82) is 0 Å². The number of nitrogens with zero attached hydrogens (tertiary/aromatic N) is 1. The Bertz CT molecular complexity index is 1300. The van der Waals surface area contributed by atoms with Gasteiger partial charge < -0.3 is 0 Å². The summed E-state index contributed by atoms with van der Waals surface area (Å²) in [6, 6.07) is 16.8. The lowest BCUT2D eigenvalue weighted by Crippen LogP contribution is -2.30. The minimum absolute atomic E-state index is 0.0574. The lowest BCUT2D eigenvalue weighted by molar-refractivity contribution is -0.286. The van der Waals surface area contributed by atoms with Gasteiger partial charge in [-0.15, -0.1) is 0 Å². The molecule has 0 fully saturated rings. The van der Waals surface area contributed by atoms with Gasteiger partial charge >= 0.3 is 11.0 Å². The number of rotatable bonds is 5. The molecule has 0 radical (unpaired) electrons. The van der Waals surface area contributed by atoms with Crippen LogP contribution in [0.4, 0.5) is 15.8 Å². The van der Waals surface area contributed by atoms with Crippen molar-refractivity contribution in [2.75, 3.05) is 10.0 Å². The van der Waals surface area contributed by atoms with E-state index in [1.54, 1.807) is 12.1 Å². The normalized spacial score (nSPS) is 11.0. The average Bonchev–Trinajstić information content (AvgIpc) is 2.72. The Morgan fingerprint density at radius 1 is 0.969 bits per heavy atom. The Morgan fingerprint density at radius 2 is 1.56 bits per heavy atom. The Balaban J connectivity index is 1.71. The van der Waals surface area contributed by atoms with Gasteiger partial charge in [0, 0.05) is 17.9 Å². The monoisotopic (exact) mass is 470 g/mol. The number of hydrogen-bond acceptors (Lipinski definition) is 4. The number of halogens is 1. The lowest BCUT2D eigenvalue weighted by Gasteiger charge is -2.10. The van der Waals surface area contributed by atoms with E-state index in [4.69, 9.17) is 12.2 Å². The number of hydrogen-bond donors (Lipinski definition) is 2. The van der Waals surface area contributed by atoms with E-state index in [-0.39, 0.29) is 15.6 Å². The molecule has 6 nitrogen and oxygen atoms in total. The van der Waals surface area contributed by atoms with Crippen LogP contribution in [-0.4, -0.2) is 30.7 Å². The van der Waals surface area contributed by atoms with Crippen molar-refractivity contribution in [3.05, 3.63) is 89.2 Å². The minimum Gasteiger partial charge on any atom is -0.280 e. The van der Waals surface area contributed by atoms with Crippen molar-refractivity contribution in [3.8, 4) is 0 Å². The van der Waals surface area contributed by atoms with Crippen LogP contribution in [0, 0.1) is 19.7 Å². The van der Waals surface area contributed by atoms with Crippen molar-refractivity contribution in [1.82, 2.24) is 0 Å². The SMILES string of the molecule is C=[N+](C(=O)c1ccccc1F)C(=S)Nc1ccc(S(=O)(=O)Nc2cc(C)cc(C)c2)cc1. The van der Waals surface area contributed by atoms with Crippen LogP contribution in [0.5, 0.6) is 0 Å². The van der Waals surface area contributed by atoms with Gasteiger partial charge in [0.1, 0.15) is 17.1 Å². The number of carbonyl (C=O) groups excluding carboxylic acids is 1. The summed E-state index contributed by atoms with van der Waals surface area (Å²) < 4.78 is 42.6. The summed E-state index contributed by atoms with van der Waals surface area (Å²) in [7, 11) is -3.79. The van der Waals surface area contributed by atoms with Crippen molar-refractivity contribution in [3.63, 3.8) is 0 Å². The highest BCUT2D eigenvalue weighted by atomic mass is 32.2. The fourth-order valence-corrected chi connectivity index (χ4v) is 4.27. The molecule has 0 aliphatic heterocycles. The van der Waals surface area contributed by atoms with Gasteiger partial charge in [-0.3, -0.25) is 4.72 Å². The second-order valence-corrected chi connectivity index (χ2v) is 9.22. The zero-order valence-corrected chi connectivity index (χ0v) is 19.1. The third-order valence-corrected chi connectivity index (χ3v) is 6.20. The molecule has 3 rings (SSSR count).